The number of rotatable bonds is 5. The lowest BCUT2D eigenvalue weighted by molar-refractivity contribution is 0.0907. The summed E-state index contributed by atoms with van der Waals surface area (Å²) in [5, 5.41) is 10.4. The number of nitrogens with one attached hydrogen (secondary N) is 2. The van der Waals surface area contributed by atoms with Crippen LogP contribution in [0.1, 0.15) is 48.8 Å². The van der Waals surface area contributed by atoms with E-state index < -0.39 is 5.54 Å². The molecular weight excluding hydrogens is 316 g/mol. The van der Waals surface area contributed by atoms with Gasteiger partial charge in [0.15, 0.2) is 5.82 Å². The standard InChI is InChI=1S/C19H24N4O2/c1-19(2,22-17(24)15-8-4-3-5-9-15)18-21-16(25-23-18)11-10-14-7-6-12-20-13-14/h3-5,8-11,14,20H,6-7,12-13H2,1-2H3,(H,22,24)/b11-10+. The third kappa shape index (κ3) is 4.54. The molecule has 6 nitrogen and oxygen atoms in total. The first kappa shape index (κ1) is 17.4. The number of hydrogen-bond donors (Lipinski definition) is 2. The largest absolute Gasteiger partial charge is 0.340 e. The third-order valence-electron chi connectivity index (χ3n) is 4.31. The van der Waals surface area contributed by atoms with Gasteiger partial charge in [-0.25, -0.2) is 0 Å². The first-order valence-corrected chi connectivity index (χ1v) is 8.65. The molecule has 0 spiro atoms. The molecule has 1 aliphatic heterocycles. The SMILES string of the molecule is CC(C)(NC(=O)c1ccccc1)c1noc(/C=C/C2CCCNC2)n1. The second-order valence-corrected chi connectivity index (χ2v) is 6.87. The van der Waals surface area contributed by atoms with E-state index in [0.29, 0.717) is 23.2 Å². The predicted molar refractivity (Wildman–Crippen MR) is 95.9 cm³/mol. The van der Waals surface area contributed by atoms with Crippen LogP contribution in [0.2, 0.25) is 0 Å². The Labute approximate surface area is 147 Å². The number of nitrogens with zero attached hydrogens (tertiary/aromatic N) is 2. The van der Waals surface area contributed by atoms with Gasteiger partial charge in [-0.15, -0.1) is 0 Å². The number of benzene rings is 1. The van der Waals surface area contributed by atoms with Gasteiger partial charge in [-0.1, -0.05) is 29.4 Å². The molecular formula is C19H24N4O2. The maximum atomic E-state index is 12.4. The van der Waals surface area contributed by atoms with Crippen molar-refractivity contribution >= 4 is 12.0 Å². The maximum absolute atomic E-state index is 12.4. The molecule has 6 heteroatoms. The van der Waals surface area contributed by atoms with E-state index in [0.717, 1.165) is 13.1 Å². The van der Waals surface area contributed by atoms with E-state index in [9.17, 15) is 4.79 Å². The van der Waals surface area contributed by atoms with Crippen molar-refractivity contribution in [1.29, 1.82) is 0 Å². The summed E-state index contributed by atoms with van der Waals surface area (Å²) >= 11 is 0. The van der Waals surface area contributed by atoms with Crippen LogP contribution in [0.25, 0.3) is 6.08 Å². The molecule has 1 aromatic carbocycles. The summed E-state index contributed by atoms with van der Waals surface area (Å²) in [4.78, 5) is 16.8. The Morgan fingerprint density at radius 3 is 2.88 bits per heavy atom. The zero-order valence-corrected chi connectivity index (χ0v) is 14.7. The topological polar surface area (TPSA) is 80.0 Å². The molecule has 0 bridgehead atoms. The molecule has 1 atom stereocenters. The van der Waals surface area contributed by atoms with Gasteiger partial charge in [0.2, 0.25) is 5.89 Å². The molecule has 0 aliphatic carbocycles. The molecule has 3 rings (SSSR count). The number of aromatic nitrogens is 2. The van der Waals surface area contributed by atoms with Crippen molar-refractivity contribution in [3.05, 3.63) is 53.7 Å². The fourth-order valence-electron chi connectivity index (χ4n) is 2.82. The molecule has 2 heterocycles. The Morgan fingerprint density at radius 1 is 1.36 bits per heavy atom. The summed E-state index contributed by atoms with van der Waals surface area (Å²) in [6.07, 6.45) is 6.33. The van der Waals surface area contributed by atoms with Crippen LogP contribution in [-0.4, -0.2) is 29.1 Å². The first-order valence-electron chi connectivity index (χ1n) is 8.65. The summed E-state index contributed by atoms with van der Waals surface area (Å²) in [6, 6.07) is 9.09. The molecule has 2 aromatic rings. The van der Waals surface area contributed by atoms with Gasteiger partial charge in [-0.3, -0.25) is 4.79 Å². The van der Waals surface area contributed by atoms with Crippen LogP contribution in [-0.2, 0) is 5.54 Å². The fourth-order valence-corrected chi connectivity index (χ4v) is 2.82. The van der Waals surface area contributed by atoms with Crippen LogP contribution in [0, 0.1) is 5.92 Å². The molecule has 1 aromatic heterocycles. The van der Waals surface area contributed by atoms with Crippen molar-refractivity contribution < 1.29 is 9.32 Å². The fraction of sp³-hybridized carbons (Fsp3) is 0.421. The average Bonchev–Trinajstić information content (AvgIpc) is 3.11. The van der Waals surface area contributed by atoms with Gasteiger partial charge in [0.05, 0.1) is 5.54 Å². The van der Waals surface area contributed by atoms with Crippen LogP contribution in [0.4, 0.5) is 0 Å². The molecule has 1 unspecified atom stereocenters. The number of carbonyl (C=O) groups is 1. The second-order valence-electron chi connectivity index (χ2n) is 6.87. The minimum atomic E-state index is -0.727. The second kappa shape index (κ2) is 7.61. The first-order chi connectivity index (χ1) is 12.0. The Bertz CT molecular complexity index is 731. The van der Waals surface area contributed by atoms with E-state index >= 15 is 0 Å². The lowest BCUT2D eigenvalue weighted by Gasteiger charge is -2.22. The number of hydrogen-bond acceptors (Lipinski definition) is 5. The minimum absolute atomic E-state index is 0.166. The molecule has 1 fully saturated rings. The summed E-state index contributed by atoms with van der Waals surface area (Å²) < 4.78 is 5.31. The number of carbonyl (C=O) groups excluding carboxylic acids is 1. The van der Waals surface area contributed by atoms with Crippen molar-refractivity contribution in [3.8, 4) is 0 Å². The van der Waals surface area contributed by atoms with E-state index in [4.69, 9.17) is 4.52 Å². The van der Waals surface area contributed by atoms with E-state index in [2.05, 4.69) is 26.9 Å². The minimum Gasteiger partial charge on any atom is -0.340 e. The van der Waals surface area contributed by atoms with Crippen molar-refractivity contribution in [2.75, 3.05) is 13.1 Å². The van der Waals surface area contributed by atoms with Gasteiger partial charge in [-0.05, 0) is 57.4 Å². The average molecular weight is 340 g/mol. The summed E-state index contributed by atoms with van der Waals surface area (Å²) in [5.41, 5.74) is -0.126. The lowest BCUT2D eigenvalue weighted by Crippen LogP contribution is -2.41. The molecule has 1 amide bonds. The monoisotopic (exact) mass is 340 g/mol. The zero-order valence-electron chi connectivity index (χ0n) is 14.7. The van der Waals surface area contributed by atoms with Crippen molar-refractivity contribution in [2.24, 2.45) is 5.92 Å². The van der Waals surface area contributed by atoms with E-state index in [1.54, 1.807) is 12.1 Å². The zero-order chi connectivity index (χ0) is 17.7. The van der Waals surface area contributed by atoms with Crippen LogP contribution in [0.15, 0.2) is 40.9 Å². The highest BCUT2D eigenvalue weighted by atomic mass is 16.5. The van der Waals surface area contributed by atoms with Crippen LogP contribution in [0.3, 0.4) is 0 Å². The highest BCUT2D eigenvalue weighted by Gasteiger charge is 2.28. The molecule has 0 saturated carbocycles. The van der Waals surface area contributed by atoms with Gasteiger partial charge < -0.3 is 15.2 Å². The Hall–Kier alpha value is -2.47. The lowest BCUT2D eigenvalue weighted by atomic mass is 9.99. The van der Waals surface area contributed by atoms with Crippen molar-refractivity contribution in [3.63, 3.8) is 0 Å². The van der Waals surface area contributed by atoms with Crippen LogP contribution >= 0.6 is 0 Å². The Morgan fingerprint density at radius 2 is 2.16 bits per heavy atom. The molecule has 1 saturated heterocycles. The van der Waals surface area contributed by atoms with Crippen LogP contribution < -0.4 is 10.6 Å². The van der Waals surface area contributed by atoms with Gasteiger partial charge in [0, 0.05) is 12.1 Å². The molecule has 132 valence electrons. The van der Waals surface area contributed by atoms with E-state index in [1.807, 2.05) is 38.1 Å². The number of piperidine rings is 1. The number of amides is 1. The smallest absolute Gasteiger partial charge is 0.252 e. The normalized spacial score (nSPS) is 18.4. The quantitative estimate of drug-likeness (QED) is 0.875. The van der Waals surface area contributed by atoms with Gasteiger partial charge >= 0.3 is 0 Å². The van der Waals surface area contributed by atoms with Gasteiger partial charge in [0.25, 0.3) is 5.91 Å². The third-order valence-corrected chi connectivity index (χ3v) is 4.31. The Kier molecular flexibility index (Phi) is 5.28. The highest BCUT2D eigenvalue weighted by molar-refractivity contribution is 5.94. The van der Waals surface area contributed by atoms with Gasteiger partial charge in [-0.2, -0.15) is 4.98 Å². The molecule has 2 N–H and O–H groups in total. The van der Waals surface area contributed by atoms with Crippen LogP contribution in [0.5, 0.6) is 0 Å². The highest BCUT2D eigenvalue weighted by Crippen LogP contribution is 2.19. The maximum Gasteiger partial charge on any atom is 0.252 e. The summed E-state index contributed by atoms with van der Waals surface area (Å²) in [7, 11) is 0. The molecule has 25 heavy (non-hydrogen) atoms. The molecule has 1 aliphatic rings. The summed E-state index contributed by atoms with van der Waals surface area (Å²) in [6.45, 7) is 5.79. The van der Waals surface area contributed by atoms with Crippen molar-refractivity contribution in [2.45, 2.75) is 32.2 Å². The van der Waals surface area contributed by atoms with Gasteiger partial charge in [0.1, 0.15) is 0 Å². The van der Waals surface area contributed by atoms with E-state index in [-0.39, 0.29) is 5.91 Å². The predicted octanol–water partition coefficient (Wildman–Crippen LogP) is 2.75. The summed E-state index contributed by atoms with van der Waals surface area (Å²) in [5.74, 6) is 1.25. The Balaban J connectivity index is 1.65. The van der Waals surface area contributed by atoms with Crippen molar-refractivity contribution in [1.82, 2.24) is 20.8 Å². The molecule has 0 radical (unpaired) electrons. The van der Waals surface area contributed by atoms with E-state index in [1.165, 1.54) is 12.8 Å².